The zero-order valence-electron chi connectivity index (χ0n) is 14.6. The average Bonchev–Trinajstić information content (AvgIpc) is 3.37. The van der Waals surface area contributed by atoms with E-state index >= 15 is 0 Å². The van der Waals surface area contributed by atoms with E-state index in [0.29, 0.717) is 0 Å². The summed E-state index contributed by atoms with van der Waals surface area (Å²) in [6.07, 6.45) is 7.84. The molecule has 4 aliphatic rings. The summed E-state index contributed by atoms with van der Waals surface area (Å²) in [5.74, 6) is 1.94. The van der Waals surface area contributed by atoms with Crippen molar-refractivity contribution in [2.45, 2.75) is 44.6 Å². The quantitative estimate of drug-likeness (QED) is 0.842. The van der Waals surface area contributed by atoms with Gasteiger partial charge in [0.1, 0.15) is 0 Å². The minimum Gasteiger partial charge on any atom is -0.341 e. The minimum atomic E-state index is -0.0739. The zero-order valence-corrected chi connectivity index (χ0v) is 14.6. The second-order valence-electron chi connectivity index (χ2n) is 8.01. The Morgan fingerprint density at radius 2 is 1.62 bits per heavy atom. The molecule has 0 aromatic heterocycles. The van der Waals surface area contributed by atoms with Crippen LogP contribution in [0.4, 0.5) is 4.79 Å². The van der Waals surface area contributed by atoms with Gasteiger partial charge in [-0.25, -0.2) is 4.79 Å². The summed E-state index contributed by atoms with van der Waals surface area (Å²) in [6, 6.07) is 0.695. The van der Waals surface area contributed by atoms with Crippen LogP contribution in [-0.4, -0.2) is 78.5 Å². The number of urea groups is 1. The van der Waals surface area contributed by atoms with E-state index in [9.17, 15) is 9.59 Å². The molecule has 3 atom stereocenters. The molecule has 1 N–H and O–H groups in total. The number of likely N-dealkylation sites (tertiary alicyclic amines) is 1. The largest absolute Gasteiger partial charge is 0.341 e. The normalized spacial score (nSPS) is 33.2. The van der Waals surface area contributed by atoms with Gasteiger partial charge in [0.2, 0.25) is 5.91 Å². The number of hydrogen-bond donors (Lipinski definition) is 1. The van der Waals surface area contributed by atoms with Gasteiger partial charge < -0.3 is 15.1 Å². The van der Waals surface area contributed by atoms with Crippen LogP contribution in [0.1, 0.15) is 38.5 Å². The number of amides is 3. The van der Waals surface area contributed by atoms with Gasteiger partial charge in [-0.3, -0.25) is 9.69 Å². The van der Waals surface area contributed by atoms with Crippen molar-refractivity contribution < 1.29 is 9.59 Å². The van der Waals surface area contributed by atoms with E-state index in [1.807, 2.05) is 9.80 Å². The maximum absolute atomic E-state index is 12.3. The van der Waals surface area contributed by atoms with E-state index in [4.69, 9.17) is 0 Å². The average molecular weight is 334 g/mol. The number of carbonyl (C=O) groups excluding carboxylic acids is 2. The molecular formula is C18H30N4O2. The summed E-state index contributed by atoms with van der Waals surface area (Å²) >= 11 is 0. The molecule has 0 aromatic rings. The van der Waals surface area contributed by atoms with Gasteiger partial charge in [0.15, 0.2) is 0 Å². The Labute approximate surface area is 144 Å². The Hall–Kier alpha value is -1.30. The Balaban J connectivity index is 1.19. The molecule has 6 nitrogen and oxygen atoms in total. The second kappa shape index (κ2) is 6.90. The SMILES string of the molecule is O=C(CNC(=O)N1CCN(C2CC3CCC2C3)CC1)N1CCCC1. The molecule has 2 aliphatic heterocycles. The monoisotopic (exact) mass is 334 g/mol. The molecule has 2 aliphatic carbocycles. The van der Waals surface area contributed by atoms with Crippen LogP contribution in [-0.2, 0) is 4.79 Å². The lowest BCUT2D eigenvalue weighted by atomic mass is 9.93. The molecule has 2 saturated heterocycles. The molecule has 6 heteroatoms. The summed E-state index contributed by atoms with van der Waals surface area (Å²) in [7, 11) is 0. The predicted octanol–water partition coefficient (Wildman–Crippen LogP) is 1.12. The number of nitrogens with one attached hydrogen (secondary N) is 1. The molecule has 2 saturated carbocycles. The lowest BCUT2D eigenvalue weighted by molar-refractivity contribution is -0.129. The van der Waals surface area contributed by atoms with Gasteiger partial charge in [0.05, 0.1) is 6.54 Å². The van der Waals surface area contributed by atoms with Gasteiger partial charge in [0.25, 0.3) is 0 Å². The summed E-state index contributed by atoms with van der Waals surface area (Å²) in [5, 5.41) is 2.82. The molecule has 3 unspecified atom stereocenters. The van der Waals surface area contributed by atoms with Gasteiger partial charge in [-0.2, -0.15) is 0 Å². The van der Waals surface area contributed by atoms with E-state index in [1.165, 1.54) is 25.7 Å². The summed E-state index contributed by atoms with van der Waals surface area (Å²) < 4.78 is 0. The van der Waals surface area contributed by atoms with Crippen molar-refractivity contribution in [3.8, 4) is 0 Å². The molecule has 134 valence electrons. The highest BCUT2D eigenvalue weighted by Crippen LogP contribution is 2.46. The van der Waals surface area contributed by atoms with Crippen LogP contribution in [0.3, 0.4) is 0 Å². The Morgan fingerprint density at radius 1 is 0.875 bits per heavy atom. The van der Waals surface area contributed by atoms with E-state index < -0.39 is 0 Å². The second-order valence-corrected chi connectivity index (χ2v) is 8.01. The van der Waals surface area contributed by atoms with Gasteiger partial charge >= 0.3 is 6.03 Å². The fraction of sp³-hybridized carbons (Fsp3) is 0.889. The van der Waals surface area contributed by atoms with E-state index in [1.54, 1.807) is 0 Å². The van der Waals surface area contributed by atoms with Gasteiger partial charge in [-0.1, -0.05) is 6.42 Å². The van der Waals surface area contributed by atoms with Crippen LogP contribution < -0.4 is 5.32 Å². The Bertz CT molecular complexity index is 483. The van der Waals surface area contributed by atoms with Crippen molar-refractivity contribution >= 4 is 11.9 Å². The molecule has 0 aromatic carbocycles. The third-order valence-corrected chi connectivity index (χ3v) is 6.62. The van der Waals surface area contributed by atoms with Crippen LogP contribution in [0.25, 0.3) is 0 Å². The first-order valence-electron chi connectivity index (χ1n) is 9.75. The van der Waals surface area contributed by atoms with Crippen LogP contribution in [0, 0.1) is 11.8 Å². The summed E-state index contributed by atoms with van der Waals surface area (Å²) in [5.41, 5.74) is 0. The van der Waals surface area contributed by atoms with E-state index in [-0.39, 0.29) is 18.5 Å². The van der Waals surface area contributed by atoms with Crippen molar-refractivity contribution in [3.63, 3.8) is 0 Å². The summed E-state index contributed by atoms with van der Waals surface area (Å²) in [4.78, 5) is 30.7. The third-order valence-electron chi connectivity index (χ3n) is 6.62. The molecule has 24 heavy (non-hydrogen) atoms. The molecule has 2 heterocycles. The van der Waals surface area contributed by atoms with Crippen LogP contribution >= 0.6 is 0 Å². The van der Waals surface area contributed by atoms with Crippen LogP contribution in [0.2, 0.25) is 0 Å². The fourth-order valence-corrected chi connectivity index (χ4v) is 5.26. The first kappa shape index (κ1) is 16.2. The third kappa shape index (κ3) is 3.25. The van der Waals surface area contributed by atoms with Crippen LogP contribution in [0.15, 0.2) is 0 Å². The number of hydrogen-bond acceptors (Lipinski definition) is 3. The van der Waals surface area contributed by atoms with Crippen molar-refractivity contribution in [3.05, 3.63) is 0 Å². The Kier molecular flexibility index (Phi) is 4.66. The highest BCUT2D eigenvalue weighted by molar-refractivity contribution is 5.84. The van der Waals surface area contributed by atoms with Crippen molar-refractivity contribution in [2.75, 3.05) is 45.8 Å². The van der Waals surface area contributed by atoms with Gasteiger partial charge in [-0.05, 0) is 43.9 Å². The summed E-state index contributed by atoms with van der Waals surface area (Å²) in [6.45, 7) is 5.39. The number of rotatable bonds is 3. The molecule has 0 spiro atoms. The standard InChI is InChI=1S/C18H30N4O2/c23-17(21-5-1-2-6-21)13-19-18(24)22-9-7-20(8-10-22)16-12-14-3-4-15(16)11-14/h14-16H,1-13H2,(H,19,24). The highest BCUT2D eigenvalue weighted by atomic mass is 16.2. The molecule has 3 amide bonds. The van der Waals surface area contributed by atoms with Gasteiger partial charge in [-0.15, -0.1) is 0 Å². The molecule has 0 radical (unpaired) electrons. The van der Waals surface area contributed by atoms with E-state index in [0.717, 1.165) is 70.0 Å². The van der Waals surface area contributed by atoms with Crippen molar-refractivity contribution in [1.82, 2.24) is 20.0 Å². The van der Waals surface area contributed by atoms with Crippen LogP contribution in [0.5, 0.6) is 0 Å². The first-order chi connectivity index (χ1) is 11.7. The minimum absolute atomic E-state index is 0.0569. The predicted molar refractivity (Wildman–Crippen MR) is 91.6 cm³/mol. The highest BCUT2D eigenvalue weighted by Gasteiger charge is 2.42. The van der Waals surface area contributed by atoms with E-state index in [2.05, 4.69) is 10.2 Å². The number of nitrogens with zero attached hydrogens (tertiary/aromatic N) is 3. The topological polar surface area (TPSA) is 55.9 Å². The molecule has 2 bridgehead atoms. The molecule has 4 rings (SSSR count). The van der Waals surface area contributed by atoms with Crippen molar-refractivity contribution in [1.29, 1.82) is 0 Å². The lowest BCUT2D eigenvalue weighted by Crippen LogP contribution is -2.55. The number of piperazine rings is 1. The zero-order chi connectivity index (χ0) is 16.5. The fourth-order valence-electron chi connectivity index (χ4n) is 5.26. The smallest absolute Gasteiger partial charge is 0.317 e. The maximum atomic E-state index is 12.3. The number of fused-ring (bicyclic) bond motifs is 2. The number of carbonyl (C=O) groups is 2. The van der Waals surface area contributed by atoms with Gasteiger partial charge in [0, 0.05) is 45.3 Å². The first-order valence-corrected chi connectivity index (χ1v) is 9.75. The maximum Gasteiger partial charge on any atom is 0.317 e. The molecule has 4 fully saturated rings. The Morgan fingerprint density at radius 3 is 2.25 bits per heavy atom. The lowest BCUT2D eigenvalue weighted by Gasteiger charge is -2.40. The molecular weight excluding hydrogens is 304 g/mol. The van der Waals surface area contributed by atoms with Crippen molar-refractivity contribution in [2.24, 2.45) is 11.8 Å².